The van der Waals surface area contributed by atoms with Crippen molar-refractivity contribution in [1.29, 1.82) is 0 Å². The largest absolute Gasteiger partial charge is 0.395 e. The van der Waals surface area contributed by atoms with E-state index >= 15 is 0 Å². The standard InChI is InChI=1S/C13H18ClNO2/c1-3-6-15(7-8-16)13(17)12-5-4-11(14)9-10(12)2/h4-5,9,16H,3,6-8H2,1-2H3. The van der Waals surface area contributed by atoms with Crippen molar-refractivity contribution in [2.24, 2.45) is 0 Å². The smallest absolute Gasteiger partial charge is 0.254 e. The fraction of sp³-hybridized carbons (Fsp3) is 0.462. The number of amides is 1. The fourth-order valence-corrected chi connectivity index (χ4v) is 1.97. The van der Waals surface area contributed by atoms with Gasteiger partial charge >= 0.3 is 0 Å². The number of aliphatic hydroxyl groups is 1. The Balaban J connectivity index is 2.92. The summed E-state index contributed by atoms with van der Waals surface area (Å²) in [7, 11) is 0. The molecular formula is C13H18ClNO2. The summed E-state index contributed by atoms with van der Waals surface area (Å²) < 4.78 is 0. The van der Waals surface area contributed by atoms with Crippen LogP contribution in [0.25, 0.3) is 0 Å². The van der Waals surface area contributed by atoms with Crippen LogP contribution < -0.4 is 0 Å². The first-order valence-corrected chi connectivity index (χ1v) is 6.14. The molecule has 3 nitrogen and oxygen atoms in total. The van der Waals surface area contributed by atoms with E-state index in [4.69, 9.17) is 16.7 Å². The highest BCUT2D eigenvalue weighted by Crippen LogP contribution is 2.17. The molecule has 0 spiro atoms. The van der Waals surface area contributed by atoms with Crippen molar-refractivity contribution in [3.05, 3.63) is 34.3 Å². The van der Waals surface area contributed by atoms with E-state index in [2.05, 4.69) is 0 Å². The highest BCUT2D eigenvalue weighted by atomic mass is 35.5. The third-order valence-corrected chi connectivity index (χ3v) is 2.80. The topological polar surface area (TPSA) is 40.5 Å². The molecule has 0 aliphatic rings. The van der Waals surface area contributed by atoms with E-state index in [1.807, 2.05) is 13.8 Å². The average Bonchev–Trinajstić information content (AvgIpc) is 2.28. The maximum atomic E-state index is 12.2. The number of carbonyl (C=O) groups excluding carboxylic acids is 1. The van der Waals surface area contributed by atoms with E-state index < -0.39 is 0 Å². The van der Waals surface area contributed by atoms with Crippen molar-refractivity contribution in [1.82, 2.24) is 4.90 Å². The molecule has 0 saturated heterocycles. The molecule has 0 bridgehead atoms. The third kappa shape index (κ3) is 3.72. The number of rotatable bonds is 5. The Kier molecular flexibility index (Phi) is 5.45. The molecule has 0 aromatic heterocycles. The van der Waals surface area contributed by atoms with Crippen LogP contribution in [-0.4, -0.2) is 35.6 Å². The summed E-state index contributed by atoms with van der Waals surface area (Å²) in [5.74, 6) is -0.0462. The molecule has 0 unspecified atom stereocenters. The second kappa shape index (κ2) is 6.62. The molecule has 0 aliphatic carbocycles. The van der Waals surface area contributed by atoms with Crippen molar-refractivity contribution in [2.45, 2.75) is 20.3 Å². The van der Waals surface area contributed by atoms with Crippen LogP contribution in [0.3, 0.4) is 0 Å². The van der Waals surface area contributed by atoms with Gasteiger partial charge in [-0.25, -0.2) is 0 Å². The Morgan fingerprint density at radius 3 is 2.65 bits per heavy atom. The van der Waals surface area contributed by atoms with Gasteiger partial charge in [-0.05, 0) is 37.1 Å². The molecule has 0 radical (unpaired) electrons. The van der Waals surface area contributed by atoms with Gasteiger partial charge in [-0.15, -0.1) is 0 Å². The summed E-state index contributed by atoms with van der Waals surface area (Å²) in [6.45, 7) is 4.88. The molecule has 0 saturated carbocycles. The number of nitrogens with zero attached hydrogens (tertiary/aromatic N) is 1. The lowest BCUT2D eigenvalue weighted by atomic mass is 10.1. The molecule has 1 rings (SSSR count). The molecule has 4 heteroatoms. The van der Waals surface area contributed by atoms with Crippen LogP contribution in [-0.2, 0) is 0 Å². The molecule has 0 fully saturated rings. The lowest BCUT2D eigenvalue weighted by Gasteiger charge is -2.22. The number of aliphatic hydroxyl groups excluding tert-OH is 1. The second-order valence-corrected chi connectivity index (χ2v) is 4.41. The summed E-state index contributed by atoms with van der Waals surface area (Å²) in [6, 6.07) is 5.22. The van der Waals surface area contributed by atoms with Crippen LogP contribution in [0.5, 0.6) is 0 Å². The van der Waals surface area contributed by atoms with Crippen LogP contribution in [0.2, 0.25) is 5.02 Å². The fourth-order valence-electron chi connectivity index (χ4n) is 1.74. The number of benzene rings is 1. The minimum Gasteiger partial charge on any atom is -0.395 e. The van der Waals surface area contributed by atoms with Crippen LogP contribution in [0, 0.1) is 6.92 Å². The second-order valence-electron chi connectivity index (χ2n) is 3.98. The van der Waals surface area contributed by atoms with E-state index in [9.17, 15) is 4.79 Å². The lowest BCUT2D eigenvalue weighted by molar-refractivity contribution is 0.0721. The van der Waals surface area contributed by atoms with Crippen molar-refractivity contribution in [3.63, 3.8) is 0 Å². The third-order valence-electron chi connectivity index (χ3n) is 2.57. The van der Waals surface area contributed by atoms with Crippen molar-refractivity contribution < 1.29 is 9.90 Å². The van der Waals surface area contributed by atoms with Gasteiger partial charge in [0, 0.05) is 23.7 Å². The highest BCUT2D eigenvalue weighted by Gasteiger charge is 2.16. The zero-order chi connectivity index (χ0) is 12.8. The first kappa shape index (κ1) is 14.0. The first-order valence-electron chi connectivity index (χ1n) is 5.76. The summed E-state index contributed by atoms with van der Waals surface area (Å²) >= 11 is 5.86. The van der Waals surface area contributed by atoms with E-state index in [1.54, 1.807) is 23.1 Å². The Hall–Kier alpha value is -1.06. The molecule has 1 aromatic rings. The van der Waals surface area contributed by atoms with E-state index in [1.165, 1.54) is 0 Å². The maximum absolute atomic E-state index is 12.2. The van der Waals surface area contributed by atoms with Crippen LogP contribution in [0.15, 0.2) is 18.2 Å². The summed E-state index contributed by atoms with van der Waals surface area (Å²) in [5, 5.41) is 9.59. The number of aryl methyl sites for hydroxylation is 1. The average molecular weight is 256 g/mol. The van der Waals surface area contributed by atoms with E-state index in [0.717, 1.165) is 12.0 Å². The van der Waals surface area contributed by atoms with Gasteiger partial charge < -0.3 is 10.0 Å². The van der Waals surface area contributed by atoms with Gasteiger partial charge in [0.25, 0.3) is 5.91 Å². The molecule has 0 heterocycles. The quantitative estimate of drug-likeness (QED) is 0.878. The lowest BCUT2D eigenvalue weighted by Crippen LogP contribution is -2.34. The van der Waals surface area contributed by atoms with Gasteiger partial charge in [-0.2, -0.15) is 0 Å². The van der Waals surface area contributed by atoms with Gasteiger partial charge in [0.2, 0.25) is 0 Å². The Labute approximate surface area is 107 Å². The van der Waals surface area contributed by atoms with E-state index in [-0.39, 0.29) is 12.5 Å². The normalized spacial score (nSPS) is 10.4. The summed E-state index contributed by atoms with van der Waals surface area (Å²) in [4.78, 5) is 13.9. The predicted molar refractivity (Wildman–Crippen MR) is 69.5 cm³/mol. The van der Waals surface area contributed by atoms with Gasteiger partial charge in [0.1, 0.15) is 0 Å². The van der Waals surface area contributed by atoms with Gasteiger partial charge in [-0.3, -0.25) is 4.79 Å². The van der Waals surface area contributed by atoms with Gasteiger partial charge in [0.15, 0.2) is 0 Å². The Morgan fingerprint density at radius 1 is 1.41 bits per heavy atom. The molecule has 0 atom stereocenters. The minimum absolute atomic E-state index is 0.0155. The van der Waals surface area contributed by atoms with Crippen molar-refractivity contribution in [2.75, 3.05) is 19.7 Å². The molecule has 0 aliphatic heterocycles. The summed E-state index contributed by atoms with van der Waals surface area (Å²) in [5.41, 5.74) is 1.51. The summed E-state index contributed by atoms with van der Waals surface area (Å²) in [6.07, 6.45) is 0.873. The molecule has 1 amide bonds. The Morgan fingerprint density at radius 2 is 2.12 bits per heavy atom. The molecular weight excluding hydrogens is 238 g/mol. The predicted octanol–water partition coefficient (Wildman–Crippen LogP) is 2.49. The van der Waals surface area contributed by atoms with Crippen LogP contribution >= 0.6 is 11.6 Å². The number of hydrogen-bond acceptors (Lipinski definition) is 2. The monoisotopic (exact) mass is 255 g/mol. The number of carbonyl (C=O) groups is 1. The van der Waals surface area contributed by atoms with Crippen molar-refractivity contribution in [3.8, 4) is 0 Å². The number of hydrogen-bond donors (Lipinski definition) is 1. The zero-order valence-corrected chi connectivity index (χ0v) is 11.0. The SMILES string of the molecule is CCCN(CCO)C(=O)c1ccc(Cl)cc1C. The van der Waals surface area contributed by atoms with Crippen LogP contribution in [0.1, 0.15) is 29.3 Å². The minimum atomic E-state index is -0.0462. The first-order chi connectivity index (χ1) is 8.10. The molecule has 1 aromatic carbocycles. The van der Waals surface area contributed by atoms with Gasteiger partial charge in [-0.1, -0.05) is 18.5 Å². The van der Waals surface area contributed by atoms with Crippen LogP contribution in [0.4, 0.5) is 0 Å². The van der Waals surface area contributed by atoms with Gasteiger partial charge in [0.05, 0.1) is 6.61 Å². The number of halogens is 1. The molecule has 17 heavy (non-hydrogen) atoms. The van der Waals surface area contributed by atoms with Crippen molar-refractivity contribution >= 4 is 17.5 Å². The zero-order valence-electron chi connectivity index (χ0n) is 10.2. The van der Waals surface area contributed by atoms with E-state index in [0.29, 0.717) is 23.7 Å². The molecule has 94 valence electrons. The molecule has 1 N–H and O–H groups in total. The Bertz CT molecular complexity index is 387. The highest BCUT2D eigenvalue weighted by molar-refractivity contribution is 6.30. The maximum Gasteiger partial charge on any atom is 0.254 e.